The molecule has 132 valence electrons. The predicted molar refractivity (Wildman–Crippen MR) is 90.6 cm³/mol. The van der Waals surface area contributed by atoms with Crippen LogP contribution in [0.4, 0.5) is 0 Å². The van der Waals surface area contributed by atoms with Gasteiger partial charge in [0.2, 0.25) is 5.91 Å². The van der Waals surface area contributed by atoms with Crippen molar-refractivity contribution in [2.24, 2.45) is 18.9 Å². The molecular weight excluding hydrogens is 306 g/mol. The fraction of sp³-hybridized carbons (Fsp3) is 0.667. The molecule has 1 spiro atoms. The Kier molecular flexibility index (Phi) is 4.67. The minimum absolute atomic E-state index is 0.0341. The largest absolute Gasteiger partial charge is 0.371 e. The van der Waals surface area contributed by atoms with E-state index in [1.807, 2.05) is 48.7 Å². The zero-order valence-electron chi connectivity index (χ0n) is 14.7. The van der Waals surface area contributed by atoms with Crippen LogP contribution in [0.15, 0.2) is 18.3 Å². The van der Waals surface area contributed by atoms with Gasteiger partial charge in [-0.3, -0.25) is 9.59 Å². The second-order valence-corrected chi connectivity index (χ2v) is 7.30. The molecule has 1 N–H and O–H groups in total. The number of likely N-dealkylation sites (tertiary alicyclic amines) is 1. The number of hydrogen-bond acceptors (Lipinski definition) is 3. The SMILES string of the molecule is CC(C)C(=O)N1CC2(C1)OCC[C@@H]2CCNC(=O)c1cccn1C. The molecule has 1 atom stereocenters. The first-order valence-corrected chi connectivity index (χ1v) is 8.75. The number of aromatic nitrogens is 1. The van der Waals surface area contributed by atoms with Crippen molar-refractivity contribution in [1.29, 1.82) is 0 Å². The minimum atomic E-state index is -0.180. The van der Waals surface area contributed by atoms with Crippen LogP contribution in [0.25, 0.3) is 0 Å². The summed E-state index contributed by atoms with van der Waals surface area (Å²) in [6.07, 6.45) is 3.76. The average molecular weight is 333 g/mol. The van der Waals surface area contributed by atoms with Crippen LogP contribution in [0.5, 0.6) is 0 Å². The van der Waals surface area contributed by atoms with Crippen molar-refractivity contribution in [3.8, 4) is 0 Å². The van der Waals surface area contributed by atoms with E-state index in [2.05, 4.69) is 5.32 Å². The van der Waals surface area contributed by atoms with E-state index in [-0.39, 0.29) is 23.3 Å². The van der Waals surface area contributed by atoms with E-state index >= 15 is 0 Å². The van der Waals surface area contributed by atoms with Gasteiger partial charge in [-0.25, -0.2) is 0 Å². The fourth-order valence-electron chi connectivity index (χ4n) is 3.81. The van der Waals surface area contributed by atoms with Gasteiger partial charge in [-0.2, -0.15) is 0 Å². The van der Waals surface area contributed by atoms with E-state index in [1.165, 1.54) is 0 Å². The molecule has 2 amide bonds. The molecule has 1 aromatic rings. The van der Waals surface area contributed by atoms with E-state index in [0.717, 1.165) is 19.4 Å². The van der Waals surface area contributed by atoms with Gasteiger partial charge in [0.25, 0.3) is 5.91 Å². The highest BCUT2D eigenvalue weighted by molar-refractivity contribution is 5.92. The zero-order valence-corrected chi connectivity index (χ0v) is 14.7. The summed E-state index contributed by atoms with van der Waals surface area (Å²) < 4.78 is 7.80. The van der Waals surface area contributed by atoms with Crippen LogP contribution in [-0.4, -0.2) is 53.1 Å². The summed E-state index contributed by atoms with van der Waals surface area (Å²) in [5.41, 5.74) is 0.491. The molecule has 3 rings (SSSR count). The summed E-state index contributed by atoms with van der Waals surface area (Å²) in [6.45, 7) is 6.64. The predicted octanol–water partition coefficient (Wildman–Crippen LogP) is 1.42. The molecule has 2 fully saturated rings. The molecule has 0 radical (unpaired) electrons. The Morgan fingerprint density at radius 2 is 2.17 bits per heavy atom. The normalized spacial score (nSPS) is 22.0. The molecule has 2 aliphatic heterocycles. The molecule has 2 aliphatic rings. The number of rotatable bonds is 5. The zero-order chi connectivity index (χ0) is 17.3. The smallest absolute Gasteiger partial charge is 0.267 e. The summed E-state index contributed by atoms with van der Waals surface area (Å²) in [6, 6.07) is 3.68. The van der Waals surface area contributed by atoms with E-state index in [4.69, 9.17) is 4.74 Å². The van der Waals surface area contributed by atoms with Crippen molar-refractivity contribution in [3.05, 3.63) is 24.0 Å². The Hall–Kier alpha value is -1.82. The summed E-state index contributed by atoms with van der Waals surface area (Å²) in [5.74, 6) is 0.599. The first kappa shape index (κ1) is 17.0. The minimum Gasteiger partial charge on any atom is -0.371 e. The van der Waals surface area contributed by atoms with Crippen molar-refractivity contribution in [2.75, 3.05) is 26.2 Å². The van der Waals surface area contributed by atoms with Crippen molar-refractivity contribution < 1.29 is 14.3 Å². The number of aryl methyl sites for hydroxylation is 1. The van der Waals surface area contributed by atoms with Gasteiger partial charge in [0, 0.05) is 32.3 Å². The molecule has 0 saturated carbocycles. The van der Waals surface area contributed by atoms with Crippen LogP contribution < -0.4 is 5.32 Å². The Morgan fingerprint density at radius 1 is 1.42 bits per heavy atom. The third kappa shape index (κ3) is 3.07. The van der Waals surface area contributed by atoms with Crippen LogP contribution >= 0.6 is 0 Å². The lowest BCUT2D eigenvalue weighted by Crippen LogP contribution is -2.66. The lowest BCUT2D eigenvalue weighted by Gasteiger charge is -2.50. The standard InChI is InChI=1S/C18H27N3O3/c1-13(2)17(23)21-11-18(12-21)14(7-10-24-18)6-8-19-16(22)15-5-4-9-20(15)3/h4-5,9,13-14H,6-8,10-12H2,1-3H3,(H,19,22)/t14-/m0/s1. The van der Waals surface area contributed by atoms with Crippen LogP contribution in [0.3, 0.4) is 0 Å². The number of carbonyl (C=O) groups excluding carboxylic acids is 2. The molecule has 6 heteroatoms. The highest BCUT2D eigenvalue weighted by Crippen LogP contribution is 2.41. The summed E-state index contributed by atoms with van der Waals surface area (Å²) >= 11 is 0. The van der Waals surface area contributed by atoms with Crippen molar-refractivity contribution in [1.82, 2.24) is 14.8 Å². The Morgan fingerprint density at radius 3 is 2.79 bits per heavy atom. The van der Waals surface area contributed by atoms with Crippen molar-refractivity contribution in [3.63, 3.8) is 0 Å². The molecule has 0 bridgehead atoms. The van der Waals surface area contributed by atoms with Crippen molar-refractivity contribution in [2.45, 2.75) is 32.3 Å². The highest BCUT2D eigenvalue weighted by atomic mass is 16.5. The fourth-order valence-corrected chi connectivity index (χ4v) is 3.81. The average Bonchev–Trinajstić information content (AvgIpc) is 3.11. The first-order valence-electron chi connectivity index (χ1n) is 8.75. The number of carbonyl (C=O) groups is 2. The summed E-state index contributed by atoms with van der Waals surface area (Å²) in [4.78, 5) is 26.1. The van der Waals surface area contributed by atoms with E-state index in [0.29, 0.717) is 31.2 Å². The van der Waals surface area contributed by atoms with Gasteiger partial charge in [0.1, 0.15) is 11.3 Å². The monoisotopic (exact) mass is 333 g/mol. The Balaban J connectivity index is 1.48. The van der Waals surface area contributed by atoms with Gasteiger partial charge >= 0.3 is 0 Å². The molecule has 1 aromatic heterocycles. The van der Waals surface area contributed by atoms with Crippen LogP contribution in [0, 0.1) is 11.8 Å². The van der Waals surface area contributed by atoms with Gasteiger partial charge in [0.05, 0.1) is 13.1 Å². The molecular formula is C18H27N3O3. The van der Waals surface area contributed by atoms with Crippen LogP contribution in [0.1, 0.15) is 37.2 Å². The number of nitrogens with zero attached hydrogens (tertiary/aromatic N) is 2. The third-order valence-corrected chi connectivity index (χ3v) is 5.28. The second-order valence-electron chi connectivity index (χ2n) is 7.30. The first-order chi connectivity index (χ1) is 11.4. The van der Waals surface area contributed by atoms with Gasteiger partial charge in [-0.15, -0.1) is 0 Å². The maximum Gasteiger partial charge on any atom is 0.267 e. The van der Waals surface area contributed by atoms with E-state index < -0.39 is 0 Å². The third-order valence-electron chi connectivity index (χ3n) is 5.28. The number of ether oxygens (including phenoxy) is 1. The molecule has 2 saturated heterocycles. The van der Waals surface area contributed by atoms with Crippen LogP contribution in [-0.2, 0) is 16.6 Å². The molecule has 24 heavy (non-hydrogen) atoms. The molecule has 0 unspecified atom stereocenters. The quantitative estimate of drug-likeness (QED) is 0.886. The van der Waals surface area contributed by atoms with E-state index in [1.54, 1.807) is 0 Å². The lowest BCUT2D eigenvalue weighted by molar-refractivity contribution is -0.168. The Bertz CT molecular complexity index is 617. The van der Waals surface area contributed by atoms with Gasteiger partial charge in [-0.1, -0.05) is 13.8 Å². The summed E-state index contributed by atoms with van der Waals surface area (Å²) in [5, 5.41) is 3.00. The Labute approximate surface area is 143 Å². The van der Waals surface area contributed by atoms with Gasteiger partial charge in [-0.05, 0) is 30.9 Å². The molecule has 0 aliphatic carbocycles. The number of hydrogen-bond donors (Lipinski definition) is 1. The topological polar surface area (TPSA) is 63.6 Å². The lowest BCUT2D eigenvalue weighted by atomic mass is 9.78. The van der Waals surface area contributed by atoms with Crippen molar-refractivity contribution >= 4 is 11.8 Å². The highest BCUT2D eigenvalue weighted by Gasteiger charge is 2.54. The molecule has 6 nitrogen and oxygen atoms in total. The van der Waals surface area contributed by atoms with E-state index in [9.17, 15) is 9.59 Å². The summed E-state index contributed by atoms with van der Waals surface area (Å²) in [7, 11) is 1.86. The number of amides is 2. The maximum atomic E-state index is 12.1. The second kappa shape index (κ2) is 6.59. The van der Waals surface area contributed by atoms with Gasteiger partial charge < -0.3 is 19.5 Å². The van der Waals surface area contributed by atoms with Gasteiger partial charge in [0.15, 0.2) is 0 Å². The maximum absolute atomic E-state index is 12.1. The molecule has 0 aromatic carbocycles. The molecule has 3 heterocycles. The van der Waals surface area contributed by atoms with Crippen LogP contribution in [0.2, 0.25) is 0 Å². The number of nitrogens with one attached hydrogen (secondary N) is 1.